The quantitative estimate of drug-likeness (QED) is 0.495. The molecule has 4 aromatic rings. The Morgan fingerprint density at radius 2 is 1.81 bits per heavy atom. The largest absolute Gasteiger partial charge is 0.497 e. The molecule has 3 heterocycles. The van der Waals surface area contributed by atoms with Gasteiger partial charge in [-0.05, 0) is 48.6 Å². The Bertz CT molecular complexity index is 1210. The number of nitrogens with zero attached hydrogens (tertiary/aromatic N) is 4. The summed E-state index contributed by atoms with van der Waals surface area (Å²) in [5, 5.41) is 10.6. The van der Waals surface area contributed by atoms with Crippen molar-refractivity contribution in [2.75, 3.05) is 20.2 Å². The topological polar surface area (TPSA) is 81.4 Å². The van der Waals surface area contributed by atoms with E-state index in [-0.39, 0.29) is 11.8 Å². The maximum absolute atomic E-state index is 12.8. The fourth-order valence-electron chi connectivity index (χ4n) is 4.03. The van der Waals surface area contributed by atoms with Crippen LogP contribution in [-0.4, -0.2) is 46.2 Å². The number of pyridine rings is 1. The summed E-state index contributed by atoms with van der Waals surface area (Å²) in [5.41, 5.74) is 1.37. The van der Waals surface area contributed by atoms with Crippen LogP contribution >= 0.6 is 0 Å². The minimum Gasteiger partial charge on any atom is -0.497 e. The smallest absolute Gasteiger partial charge is 0.266 e. The predicted octanol–water partition coefficient (Wildman–Crippen LogP) is 4.31. The summed E-state index contributed by atoms with van der Waals surface area (Å²) in [5.74, 6) is 1.95. The average Bonchev–Trinajstić information content (AvgIpc) is 3.33. The van der Waals surface area contributed by atoms with Gasteiger partial charge in [-0.25, -0.2) is 0 Å². The van der Waals surface area contributed by atoms with E-state index in [2.05, 4.69) is 15.2 Å². The molecule has 1 aliphatic heterocycles. The van der Waals surface area contributed by atoms with Crippen molar-refractivity contribution in [3.63, 3.8) is 0 Å². The number of likely N-dealkylation sites (tertiary alicyclic amines) is 1. The molecular weight excluding hydrogens is 392 g/mol. The van der Waals surface area contributed by atoms with Gasteiger partial charge >= 0.3 is 0 Å². The fraction of sp³-hybridized carbons (Fsp3) is 0.250. The summed E-state index contributed by atoms with van der Waals surface area (Å²) in [6.45, 7) is 1.31. The second kappa shape index (κ2) is 8.18. The molecule has 0 spiro atoms. The van der Waals surface area contributed by atoms with Gasteiger partial charge in [0.05, 0.1) is 7.11 Å². The molecular formula is C24H22N4O3. The number of hydrogen-bond acceptors (Lipinski definition) is 6. The number of hydrogen-bond donors (Lipinski definition) is 0. The lowest BCUT2D eigenvalue weighted by atomic mass is 9.96. The number of fused-ring (bicyclic) bond motifs is 1. The Labute approximate surface area is 179 Å². The van der Waals surface area contributed by atoms with Crippen LogP contribution in [0.15, 0.2) is 65.2 Å². The van der Waals surface area contributed by atoms with Gasteiger partial charge in [-0.3, -0.25) is 9.78 Å². The van der Waals surface area contributed by atoms with Gasteiger partial charge in [-0.1, -0.05) is 24.3 Å². The fourth-order valence-corrected chi connectivity index (χ4v) is 4.03. The van der Waals surface area contributed by atoms with Gasteiger partial charge in [-0.2, -0.15) is 0 Å². The molecule has 0 aliphatic carbocycles. The predicted molar refractivity (Wildman–Crippen MR) is 116 cm³/mol. The highest BCUT2D eigenvalue weighted by atomic mass is 16.5. The first kappa shape index (κ1) is 19.2. The molecule has 1 amide bonds. The van der Waals surface area contributed by atoms with Crippen molar-refractivity contribution in [1.82, 2.24) is 20.1 Å². The maximum atomic E-state index is 12.8. The van der Waals surface area contributed by atoms with Crippen molar-refractivity contribution < 1.29 is 13.9 Å². The summed E-state index contributed by atoms with van der Waals surface area (Å²) in [6, 6.07) is 17.2. The van der Waals surface area contributed by atoms with Gasteiger partial charge in [-0.15, -0.1) is 10.2 Å². The lowest BCUT2D eigenvalue weighted by molar-refractivity contribution is 0.0706. The molecule has 0 bridgehead atoms. The molecule has 5 rings (SSSR count). The van der Waals surface area contributed by atoms with Gasteiger partial charge in [0.1, 0.15) is 11.4 Å². The monoisotopic (exact) mass is 414 g/mol. The van der Waals surface area contributed by atoms with Crippen LogP contribution in [0.5, 0.6) is 5.75 Å². The molecule has 0 N–H and O–H groups in total. The number of benzene rings is 2. The zero-order valence-corrected chi connectivity index (χ0v) is 17.2. The Balaban J connectivity index is 1.28. The number of carbonyl (C=O) groups excluding carboxylic acids is 1. The first-order chi connectivity index (χ1) is 15.2. The van der Waals surface area contributed by atoms with Crippen molar-refractivity contribution >= 4 is 16.7 Å². The molecule has 7 heteroatoms. The molecule has 1 aliphatic rings. The molecule has 2 aromatic heterocycles. The third-order valence-corrected chi connectivity index (χ3v) is 5.79. The number of ether oxygens (including phenoxy) is 1. The second-order valence-electron chi connectivity index (χ2n) is 7.62. The number of aromatic nitrogens is 3. The van der Waals surface area contributed by atoms with Gasteiger partial charge in [0.2, 0.25) is 5.89 Å². The lowest BCUT2D eigenvalue weighted by Crippen LogP contribution is -2.38. The van der Waals surface area contributed by atoms with Gasteiger partial charge in [0.15, 0.2) is 0 Å². The molecule has 0 atom stereocenters. The van der Waals surface area contributed by atoms with E-state index >= 15 is 0 Å². The summed E-state index contributed by atoms with van der Waals surface area (Å²) < 4.78 is 11.2. The Hall–Kier alpha value is -3.74. The Kier molecular flexibility index (Phi) is 5.08. The lowest BCUT2D eigenvalue weighted by Gasteiger charge is -2.30. The van der Waals surface area contributed by atoms with Crippen molar-refractivity contribution in [2.24, 2.45) is 0 Å². The first-order valence-electron chi connectivity index (χ1n) is 10.3. The van der Waals surface area contributed by atoms with E-state index in [1.807, 2.05) is 35.2 Å². The highest BCUT2D eigenvalue weighted by Crippen LogP contribution is 2.31. The third kappa shape index (κ3) is 3.74. The van der Waals surface area contributed by atoms with E-state index in [0.717, 1.165) is 29.4 Å². The first-order valence-corrected chi connectivity index (χ1v) is 10.3. The molecule has 0 radical (unpaired) electrons. The summed E-state index contributed by atoms with van der Waals surface area (Å²) in [7, 11) is 1.61. The molecule has 2 aromatic carbocycles. The van der Waals surface area contributed by atoms with Crippen LogP contribution in [0, 0.1) is 0 Å². The van der Waals surface area contributed by atoms with Crippen molar-refractivity contribution in [1.29, 1.82) is 0 Å². The number of amides is 1. The molecule has 156 valence electrons. The SMILES string of the molecule is COc1ccc(C(=O)N2CCC(c3nnc(-c4nccc5ccccc45)o3)CC2)cc1. The van der Waals surface area contributed by atoms with E-state index in [0.29, 0.717) is 36.1 Å². The molecule has 1 fully saturated rings. The van der Waals surface area contributed by atoms with Crippen molar-refractivity contribution in [3.05, 3.63) is 72.2 Å². The zero-order valence-electron chi connectivity index (χ0n) is 17.2. The molecule has 31 heavy (non-hydrogen) atoms. The van der Waals surface area contributed by atoms with Crippen LogP contribution in [0.1, 0.15) is 35.0 Å². The van der Waals surface area contributed by atoms with Crippen LogP contribution in [0.3, 0.4) is 0 Å². The maximum Gasteiger partial charge on any atom is 0.266 e. The zero-order chi connectivity index (χ0) is 21.2. The number of carbonyl (C=O) groups is 1. The summed E-state index contributed by atoms with van der Waals surface area (Å²) in [4.78, 5) is 19.1. The highest BCUT2D eigenvalue weighted by molar-refractivity contribution is 5.94. The van der Waals surface area contributed by atoms with Crippen LogP contribution in [-0.2, 0) is 0 Å². The summed E-state index contributed by atoms with van der Waals surface area (Å²) in [6.07, 6.45) is 3.32. The summed E-state index contributed by atoms with van der Waals surface area (Å²) >= 11 is 0. The average molecular weight is 414 g/mol. The van der Waals surface area contributed by atoms with Gasteiger partial charge in [0, 0.05) is 36.2 Å². The minimum absolute atomic E-state index is 0.0345. The highest BCUT2D eigenvalue weighted by Gasteiger charge is 2.28. The Morgan fingerprint density at radius 1 is 1.03 bits per heavy atom. The number of piperidine rings is 1. The van der Waals surface area contributed by atoms with Crippen LogP contribution in [0.25, 0.3) is 22.4 Å². The van der Waals surface area contributed by atoms with Crippen LogP contribution in [0.2, 0.25) is 0 Å². The second-order valence-corrected chi connectivity index (χ2v) is 7.62. The minimum atomic E-state index is 0.0345. The molecule has 0 saturated carbocycles. The standard InChI is InChI=1S/C24H22N4O3/c1-30-19-8-6-18(7-9-19)24(29)28-14-11-17(12-15-28)22-26-27-23(31-22)21-20-5-3-2-4-16(20)10-13-25-21/h2-10,13,17H,11-12,14-15H2,1H3. The number of rotatable bonds is 4. The van der Waals surface area contributed by atoms with E-state index in [1.54, 1.807) is 37.6 Å². The van der Waals surface area contributed by atoms with E-state index in [9.17, 15) is 4.79 Å². The van der Waals surface area contributed by atoms with Crippen LogP contribution in [0.4, 0.5) is 0 Å². The van der Waals surface area contributed by atoms with E-state index in [1.165, 1.54) is 0 Å². The van der Waals surface area contributed by atoms with E-state index in [4.69, 9.17) is 9.15 Å². The molecule has 7 nitrogen and oxygen atoms in total. The van der Waals surface area contributed by atoms with Gasteiger partial charge in [0.25, 0.3) is 11.8 Å². The number of methoxy groups -OCH3 is 1. The van der Waals surface area contributed by atoms with Crippen molar-refractivity contribution in [3.8, 4) is 17.3 Å². The molecule has 0 unspecified atom stereocenters. The van der Waals surface area contributed by atoms with Gasteiger partial charge < -0.3 is 14.1 Å². The van der Waals surface area contributed by atoms with Crippen LogP contribution < -0.4 is 4.74 Å². The molecule has 1 saturated heterocycles. The Morgan fingerprint density at radius 3 is 2.58 bits per heavy atom. The van der Waals surface area contributed by atoms with E-state index < -0.39 is 0 Å². The normalized spacial score (nSPS) is 14.7. The third-order valence-electron chi connectivity index (χ3n) is 5.79. The van der Waals surface area contributed by atoms with Crippen molar-refractivity contribution in [2.45, 2.75) is 18.8 Å².